The van der Waals surface area contributed by atoms with Gasteiger partial charge in [-0.1, -0.05) is 30.3 Å². The highest BCUT2D eigenvalue weighted by Crippen LogP contribution is 2.25. The maximum absolute atomic E-state index is 12.5. The summed E-state index contributed by atoms with van der Waals surface area (Å²) in [7, 11) is 4.01. The zero-order valence-electron chi connectivity index (χ0n) is 13.5. The van der Waals surface area contributed by atoms with Gasteiger partial charge in [-0.05, 0) is 33.6 Å². The van der Waals surface area contributed by atoms with Crippen LogP contribution in [0, 0.1) is 10.1 Å². The van der Waals surface area contributed by atoms with Crippen LogP contribution in [0.5, 0.6) is 0 Å². The molecule has 0 spiro atoms. The second kappa shape index (κ2) is 8.03. The van der Waals surface area contributed by atoms with Gasteiger partial charge in [-0.3, -0.25) is 14.9 Å². The van der Waals surface area contributed by atoms with Crippen molar-refractivity contribution in [3.8, 4) is 0 Å². The molecule has 2 N–H and O–H groups in total. The number of likely N-dealkylation sites (N-methyl/N-ethyl adjacent to an activating group) is 1. The number of nitrogens with zero attached hydrogens (tertiary/aromatic N) is 1. The van der Waals surface area contributed by atoms with Crippen molar-refractivity contribution < 1.29 is 14.6 Å². The molecular weight excluding hydrogens is 374 g/mol. The average molecular weight is 393 g/mol. The number of hydrogen-bond acceptors (Lipinski definition) is 3. The van der Waals surface area contributed by atoms with Gasteiger partial charge < -0.3 is 10.2 Å². The van der Waals surface area contributed by atoms with Crippen molar-refractivity contribution in [1.29, 1.82) is 0 Å². The Labute approximate surface area is 148 Å². The predicted octanol–water partition coefficient (Wildman–Crippen LogP) is 1.97. The maximum atomic E-state index is 12.5. The fourth-order valence-corrected chi connectivity index (χ4v) is 2.77. The summed E-state index contributed by atoms with van der Waals surface area (Å²) < 4.78 is 0.349. The zero-order valence-corrected chi connectivity index (χ0v) is 15.0. The van der Waals surface area contributed by atoms with Crippen LogP contribution < -0.4 is 10.2 Å². The fourth-order valence-electron chi connectivity index (χ4n) is 2.38. The molecule has 0 unspecified atom stereocenters. The van der Waals surface area contributed by atoms with Gasteiger partial charge in [-0.2, -0.15) is 0 Å². The van der Waals surface area contributed by atoms with E-state index in [0.29, 0.717) is 11.0 Å². The molecule has 0 bridgehead atoms. The zero-order chi connectivity index (χ0) is 17.7. The van der Waals surface area contributed by atoms with Gasteiger partial charge in [0, 0.05) is 11.6 Å². The molecule has 0 saturated carbocycles. The van der Waals surface area contributed by atoms with Crippen molar-refractivity contribution >= 4 is 27.5 Å². The van der Waals surface area contributed by atoms with Crippen molar-refractivity contribution in [3.63, 3.8) is 0 Å². The number of nitro benzene ring substituents is 1. The minimum atomic E-state index is -0.514. The molecular formula is C17H19BrN3O3+. The second-order valence-electron chi connectivity index (χ2n) is 5.77. The first-order valence-electron chi connectivity index (χ1n) is 7.47. The third-order valence-electron chi connectivity index (χ3n) is 3.52. The van der Waals surface area contributed by atoms with Gasteiger partial charge in [0.05, 0.1) is 23.5 Å². The number of carbonyl (C=O) groups excluding carboxylic acids is 1. The van der Waals surface area contributed by atoms with Crippen LogP contribution in [0.2, 0.25) is 0 Å². The van der Waals surface area contributed by atoms with Gasteiger partial charge in [0.1, 0.15) is 12.6 Å². The Morgan fingerprint density at radius 1 is 1.25 bits per heavy atom. The average Bonchev–Trinajstić information content (AvgIpc) is 2.54. The van der Waals surface area contributed by atoms with E-state index in [2.05, 4.69) is 21.2 Å². The molecule has 7 heteroatoms. The van der Waals surface area contributed by atoms with Crippen LogP contribution in [-0.2, 0) is 0 Å². The number of quaternary nitrogens is 1. The Morgan fingerprint density at radius 2 is 1.92 bits per heavy atom. The van der Waals surface area contributed by atoms with Crippen LogP contribution in [-0.4, -0.2) is 31.5 Å². The van der Waals surface area contributed by atoms with Crippen LogP contribution in [0.25, 0.3) is 0 Å². The van der Waals surface area contributed by atoms with Crippen molar-refractivity contribution in [2.24, 2.45) is 0 Å². The van der Waals surface area contributed by atoms with Crippen molar-refractivity contribution in [3.05, 3.63) is 74.2 Å². The van der Waals surface area contributed by atoms with Crippen LogP contribution in [0.3, 0.4) is 0 Å². The molecule has 2 rings (SSSR count). The summed E-state index contributed by atoms with van der Waals surface area (Å²) in [5.74, 6) is -0.333. The van der Waals surface area contributed by atoms with Gasteiger partial charge in [0.25, 0.3) is 11.6 Å². The molecule has 0 fully saturated rings. The van der Waals surface area contributed by atoms with Crippen LogP contribution >= 0.6 is 15.9 Å². The van der Waals surface area contributed by atoms with E-state index in [1.165, 1.54) is 17.0 Å². The third-order valence-corrected chi connectivity index (χ3v) is 4.20. The Balaban J connectivity index is 2.25. The van der Waals surface area contributed by atoms with E-state index in [1.54, 1.807) is 6.07 Å². The number of halogens is 1. The summed E-state index contributed by atoms with van der Waals surface area (Å²) >= 11 is 3.12. The highest BCUT2D eigenvalue weighted by Gasteiger charge is 2.21. The molecule has 0 aliphatic carbocycles. The SMILES string of the molecule is C[NH+](C)C[C@H](NC(=O)c1ccc(Br)c([N+](=O)[O-])c1)c1ccccc1. The Kier molecular flexibility index (Phi) is 6.05. The number of hydrogen-bond donors (Lipinski definition) is 2. The normalized spacial score (nSPS) is 12.0. The Bertz CT molecular complexity index is 735. The van der Waals surface area contributed by atoms with Crippen molar-refractivity contribution in [2.45, 2.75) is 6.04 Å². The Morgan fingerprint density at radius 3 is 2.50 bits per heavy atom. The number of nitrogens with one attached hydrogen (secondary N) is 2. The minimum Gasteiger partial charge on any atom is -0.340 e. The summed E-state index contributed by atoms with van der Waals surface area (Å²) in [6.07, 6.45) is 0. The molecule has 0 aliphatic heterocycles. The largest absolute Gasteiger partial charge is 0.340 e. The van der Waals surface area contributed by atoms with Crippen LogP contribution in [0.4, 0.5) is 5.69 Å². The first-order chi connectivity index (χ1) is 11.4. The number of benzene rings is 2. The standard InChI is InChI=1S/C17H18BrN3O3/c1-20(2)11-15(12-6-4-3-5-7-12)19-17(22)13-8-9-14(18)16(10-13)21(23)24/h3-10,15H,11H2,1-2H3,(H,19,22)/p+1/t15-/m0/s1. The first kappa shape index (κ1) is 18.1. The molecule has 0 aromatic heterocycles. The third kappa shape index (κ3) is 4.62. The number of carbonyl (C=O) groups is 1. The van der Waals surface area contributed by atoms with Gasteiger partial charge in [-0.25, -0.2) is 0 Å². The lowest BCUT2D eigenvalue weighted by molar-refractivity contribution is -0.860. The molecule has 0 heterocycles. The molecule has 126 valence electrons. The molecule has 6 nitrogen and oxygen atoms in total. The molecule has 1 amide bonds. The van der Waals surface area contributed by atoms with Crippen LogP contribution in [0.15, 0.2) is 53.0 Å². The topological polar surface area (TPSA) is 76.7 Å². The smallest absolute Gasteiger partial charge is 0.284 e. The molecule has 24 heavy (non-hydrogen) atoms. The van der Waals surface area contributed by atoms with E-state index < -0.39 is 4.92 Å². The highest BCUT2D eigenvalue weighted by molar-refractivity contribution is 9.10. The maximum Gasteiger partial charge on any atom is 0.284 e. The molecule has 0 radical (unpaired) electrons. The summed E-state index contributed by atoms with van der Waals surface area (Å²) in [6, 6.07) is 13.9. The van der Waals surface area contributed by atoms with E-state index in [9.17, 15) is 14.9 Å². The summed E-state index contributed by atoms with van der Waals surface area (Å²) in [4.78, 5) is 24.2. The van der Waals surface area contributed by atoms with Gasteiger partial charge in [0.2, 0.25) is 0 Å². The monoisotopic (exact) mass is 392 g/mol. The second-order valence-corrected chi connectivity index (χ2v) is 6.63. The molecule has 0 saturated heterocycles. The Hall–Kier alpha value is -2.25. The number of amides is 1. The van der Waals surface area contributed by atoms with Crippen LogP contribution in [0.1, 0.15) is 22.0 Å². The van der Waals surface area contributed by atoms with Gasteiger partial charge >= 0.3 is 0 Å². The minimum absolute atomic E-state index is 0.128. The lowest BCUT2D eigenvalue weighted by Crippen LogP contribution is -3.06. The molecule has 2 aromatic rings. The quantitative estimate of drug-likeness (QED) is 0.582. The lowest BCUT2D eigenvalue weighted by Gasteiger charge is -2.21. The summed E-state index contributed by atoms with van der Waals surface area (Å²) in [5.41, 5.74) is 1.13. The molecule has 2 aromatic carbocycles. The number of rotatable bonds is 6. The lowest BCUT2D eigenvalue weighted by atomic mass is 10.1. The highest BCUT2D eigenvalue weighted by atomic mass is 79.9. The van der Waals surface area contributed by atoms with E-state index in [1.807, 2.05) is 44.4 Å². The van der Waals surface area contributed by atoms with Gasteiger partial charge in [0.15, 0.2) is 0 Å². The summed E-state index contributed by atoms with van der Waals surface area (Å²) in [6.45, 7) is 0.703. The fraction of sp³-hybridized carbons (Fsp3) is 0.235. The molecule has 1 atom stereocenters. The van der Waals surface area contributed by atoms with E-state index >= 15 is 0 Å². The van der Waals surface area contributed by atoms with Gasteiger partial charge in [-0.15, -0.1) is 0 Å². The van der Waals surface area contributed by atoms with E-state index in [-0.39, 0.29) is 23.2 Å². The van der Waals surface area contributed by atoms with E-state index in [0.717, 1.165) is 5.56 Å². The summed E-state index contributed by atoms with van der Waals surface area (Å²) in [5, 5.41) is 14.0. The van der Waals surface area contributed by atoms with Crippen molar-refractivity contribution in [1.82, 2.24) is 5.32 Å². The number of nitro groups is 1. The predicted molar refractivity (Wildman–Crippen MR) is 95.1 cm³/mol. The van der Waals surface area contributed by atoms with E-state index in [4.69, 9.17) is 0 Å². The van der Waals surface area contributed by atoms with Crippen molar-refractivity contribution in [2.75, 3.05) is 20.6 Å². The molecule has 0 aliphatic rings. The first-order valence-corrected chi connectivity index (χ1v) is 8.26.